The number of hydrogen-bond acceptors (Lipinski definition) is 2. The molecule has 1 aromatic carbocycles. The maximum atomic E-state index is 16.1. The minimum atomic E-state index is -0.990. The van der Waals surface area contributed by atoms with E-state index in [4.69, 9.17) is 9.47 Å². The summed E-state index contributed by atoms with van der Waals surface area (Å²) in [7, 11) is 1.71. The summed E-state index contributed by atoms with van der Waals surface area (Å²) in [5.74, 6) is 1.51. The number of methoxy groups -OCH3 is 1. The molecule has 3 heteroatoms. The smallest absolute Gasteiger partial charge is 0.124 e. The molecule has 0 N–H and O–H groups in total. The molecule has 0 amide bonds. The van der Waals surface area contributed by atoms with Gasteiger partial charge in [-0.1, -0.05) is 6.07 Å². The molecule has 118 valence electrons. The maximum absolute atomic E-state index is 16.1. The monoisotopic (exact) mass is 302 g/mol. The first-order chi connectivity index (χ1) is 10.7. The quantitative estimate of drug-likeness (QED) is 0.780. The molecule has 3 fully saturated rings. The Balaban J connectivity index is 1.55. The lowest BCUT2D eigenvalue weighted by Crippen LogP contribution is -2.64. The molecular weight excluding hydrogens is 279 g/mol. The normalized spacial score (nSPS) is 45.1. The van der Waals surface area contributed by atoms with Gasteiger partial charge in [-0.15, -0.1) is 0 Å². The van der Waals surface area contributed by atoms with Crippen molar-refractivity contribution in [3.8, 4) is 5.75 Å². The topological polar surface area (TPSA) is 18.5 Å². The molecule has 1 heterocycles. The van der Waals surface area contributed by atoms with E-state index < -0.39 is 5.67 Å². The first-order valence-electron chi connectivity index (χ1n) is 8.65. The molecule has 0 aromatic heterocycles. The van der Waals surface area contributed by atoms with Crippen LogP contribution in [-0.4, -0.2) is 25.5 Å². The average Bonchev–Trinajstić information content (AvgIpc) is 2.73. The van der Waals surface area contributed by atoms with Crippen molar-refractivity contribution in [2.45, 2.75) is 56.2 Å². The second kappa shape index (κ2) is 4.25. The van der Waals surface area contributed by atoms with Crippen molar-refractivity contribution in [2.24, 2.45) is 11.3 Å². The van der Waals surface area contributed by atoms with Crippen LogP contribution in [0.4, 0.5) is 4.39 Å². The van der Waals surface area contributed by atoms with Gasteiger partial charge in [0.1, 0.15) is 11.4 Å². The minimum absolute atomic E-state index is 0.141. The molecule has 4 aliphatic rings. The van der Waals surface area contributed by atoms with Crippen molar-refractivity contribution < 1.29 is 13.9 Å². The van der Waals surface area contributed by atoms with Gasteiger partial charge in [-0.3, -0.25) is 0 Å². The molecule has 1 aliphatic heterocycles. The van der Waals surface area contributed by atoms with Crippen molar-refractivity contribution >= 4 is 0 Å². The van der Waals surface area contributed by atoms with E-state index in [2.05, 4.69) is 12.1 Å². The highest BCUT2D eigenvalue weighted by Crippen LogP contribution is 2.68. The lowest BCUT2D eigenvalue weighted by atomic mass is 9.52. The summed E-state index contributed by atoms with van der Waals surface area (Å²) in [6, 6.07) is 6.39. The van der Waals surface area contributed by atoms with E-state index in [0.29, 0.717) is 18.9 Å². The third-order valence-electron chi connectivity index (χ3n) is 7.21. The van der Waals surface area contributed by atoms with E-state index in [1.54, 1.807) is 7.11 Å². The van der Waals surface area contributed by atoms with Gasteiger partial charge < -0.3 is 9.47 Å². The van der Waals surface area contributed by atoms with Gasteiger partial charge in [0.15, 0.2) is 0 Å². The second-order valence-corrected chi connectivity index (χ2v) is 7.71. The van der Waals surface area contributed by atoms with Crippen LogP contribution in [0.1, 0.15) is 49.1 Å². The van der Waals surface area contributed by atoms with Crippen molar-refractivity contribution in [3.05, 3.63) is 29.3 Å². The highest BCUT2D eigenvalue weighted by atomic mass is 19.1. The van der Waals surface area contributed by atoms with Crippen molar-refractivity contribution in [1.29, 1.82) is 0 Å². The Kier molecular flexibility index (Phi) is 2.58. The number of ether oxygens (including phenoxy) is 2. The van der Waals surface area contributed by atoms with E-state index in [0.717, 1.165) is 37.9 Å². The fourth-order valence-corrected chi connectivity index (χ4v) is 6.07. The molecule has 0 bridgehead atoms. The first kappa shape index (κ1) is 13.4. The van der Waals surface area contributed by atoms with Gasteiger partial charge in [0.05, 0.1) is 25.2 Å². The Bertz CT molecular complexity index is 630. The molecule has 0 radical (unpaired) electrons. The molecule has 2 nitrogen and oxygen atoms in total. The first-order valence-corrected chi connectivity index (χ1v) is 8.65. The van der Waals surface area contributed by atoms with Gasteiger partial charge in [0.2, 0.25) is 0 Å². The molecular formula is C19H23FO2. The average molecular weight is 302 g/mol. The summed E-state index contributed by atoms with van der Waals surface area (Å²) in [6.07, 6.45) is 5.93. The number of fused-ring (bicyclic) bond motifs is 4. The number of aryl methyl sites for hydroxylation is 1. The predicted molar refractivity (Wildman–Crippen MR) is 82.0 cm³/mol. The zero-order valence-electron chi connectivity index (χ0n) is 13.1. The molecule has 2 saturated carbocycles. The molecule has 0 unspecified atom stereocenters. The Labute approximate surface area is 131 Å². The van der Waals surface area contributed by atoms with Gasteiger partial charge in [-0.25, -0.2) is 4.39 Å². The Morgan fingerprint density at radius 2 is 2.14 bits per heavy atom. The fourth-order valence-electron chi connectivity index (χ4n) is 6.07. The van der Waals surface area contributed by atoms with Gasteiger partial charge >= 0.3 is 0 Å². The zero-order valence-corrected chi connectivity index (χ0v) is 13.1. The van der Waals surface area contributed by atoms with E-state index in [-0.39, 0.29) is 17.4 Å². The standard InChI is InChI=1S/C19H23FO2/c1-21-13-3-4-14-12(10-13)2-5-16-15(14)6-8-18-11-22-17(18)7-9-19(16,18)20/h3-4,10,15-17H,2,5-9,11H2,1H3/t15-,16-,17+,18+,19+/m1/s1. The largest absolute Gasteiger partial charge is 0.497 e. The fraction of sp³-hybridized carbons (Fsp3) is 0.684. The summed E-state index contributed by atoms with van der Waals surface area (Å²) in [4.78, 5) is 0. The van der Waals surface area contributed by atoms with Crippen LogP contribution in [0.2, 0.25) is 0 Å². The number of benzene rings is 1. The highest BCUT2D eigenvalue weighted by Gasteiger charge is 2.72. The number of halogens is 1. The molecule has 5 atom stereocenters. The van der Waals surface area contributed by atoms with Crippen LogP contribution >= 0.6 is 0 Å². The predicted octanol–water partition coefficient (Wildman–Crippen LogP) is 4.02. The highest BCUT2D eigenvalue weighted by molar-refractivity contribution is 5.42. The molecule has 1 spiro atoms. The SMILES string of the molecule is COc1ccc2c(c1)CC[C@@H]1[C@@H]2CC[C@]23CO[C@H]2CC[C@]13F. The van der Waals surface area contributed by atoms with Crippen LogP contribution in [0.25, 0.3) is 0 Å². The van der Waals surface area contributed by atoms with E-state index in [1.807, 2.05) is 6.07 Å². The van der Waals surface area contributed by atoms with Crippen LogP contribution in [0.3, 0.4) is 0 Å². The van der Waals surface area contributed by atoms with E-state index in [9.17, 15) is 0 Å². The summed E-state index contributed by atoms with van der Waals surface area (Å²) in [6.45, 7) is 0.660. The van der Waals surface area contributed by atoms with Crippen molar-refractivity contribution in [1.82, 2.24) is 0 Å². The van der Waals surface area contributed by atoms with Crippen LogP contribution < -0.4 is 4.74 Å². The van der Waals surface area contributed by atoms with E-state index in [1.165, 1.54) is 11.1 Å². The van der Waals surface area contributed by atoms with Gasteiger partial charge in [0.25, 0.3) is 0 Å². The van der Waals surface area contributed by atoms with Gasteiger partial charge in [-0.2, -0.15) is 0 Å². The molecule has 22 heavy (non-hydrogen) atoms. The summed E-state index contributed by atoms with van der Waals surface area (Å²) in [5.41, 5.74) is 1.63. The second-order valence-electron chi connectivity index (χ2n) is 7.71. The van der Waals surface area contributed by atoms with Gasteiger partial charge in [0, 0.05) is 5.92 Å². The van der Waals surface area contributed by atoms with Crippen LogP contribution in [0.5, 0.6) is 5.75 Å². The molecule has 1 aromatic rings. The van der Waals surface area contributed by atoms with Crippen LogP contribution in [0.15, 0.2) is 18.2 Å². The number of hydrogen-bond donors (Lipinski definition) is 0. The number of rotatable bonds is 1. The Morgan fingerprint density at radius 1 is 1.23 bits per heavy atom. The number of alkyl halides is 1. The van der Waals surface area contributed by atoms with Crippen LogP contribution in [-0.2, 0) is 11.2 Å². The molecule has 3 aliphatic carbocycles. The van der Waals surface area contributed by atoms with Crippen molar-refractivity contribution in [2.75, 3.05) is 13.7 Å². The minimum Gasteiger partial charge on any atom is -0.497 e. The van der Waals surface area contributed by atoms with Gasteiger partial charge in [-0.05, 0) is 67.7 Å². The lowest BCUT2D eigenvalue weighted by molar-refractivity contribution is -0.247. The summed E-state index contributed by atoms with van der Waals surface area (Å²) < 4.78 is 27.2. The third kappa shape index (κ3) is 1.40. The lowest BCUT2D eigenvalue weighted by Gasteiger charge is -2.59. The Morgan fingerprint density at radius 3 is 2.91 bits per heavy atom. The maximum Gasteiger partial charge on any atom is 0.124 e. The zero-order chi connectivity index (χ0) is 14.9. The van der Waals surface area contributed by atoms with E-state index >= 15 is 4.39 Å². The molecule has 5 rings (SSSR count). The molecule has 1 saturated heterocycles. The summed E-state index contributed by atoms with van der Waals surface area (Å²) >= 11 is 0. The summed E-state index contributed by atoms with van der Waals surface area (Å²) in [5, 5.41) is 0. The van der Waals surface area contributed by atoms with Crippen LogP contribution in [0, 0.1) is 11.3 Å². The van der Waals surface area contributed by atoms with Crippen molar-refractivity contribution in [3.63, 3.8) is 0 Å². The third-order valence-corrected chi connectivity index (χ3v) is 7.21. The Hall–Kier alpha value is -1.09.